The molecular formula is C13H20N4O3. The monoisotopic (exact) mass is 280 g/mol. The predicted molar refractivity (Wildman–Crippen MR) is 70.8 cm³/mol. The van der Waals surface area contributed by atoms with Crippen LogP contribution in [0.3, 0.4) is 0 Å². The summed E-state index contributed by atoms with van der Waals surface area (Å²) in [5.41, 5.74) is 0. The normalized spacial score (nSPS) is 22.4. The first-order valence-corrected chi connectivity index (χ1v) is 6.91. The van der Waals surface area contributed by atoms with Crippen LogP contribution in [0.1, 0.15) is 31.5 Å². The average Bonchev–Trinajstić information content (AvgIpc) is 2.84. The van der Waals surface area contributed by atoms with Crippen LogP contribution in [-0.4, -0.2) is 38.3 Å². The summed E-state index contributed by atoms with van der Waals surface area (Å²) in [5, 5.41) is 19.6. The van der Waals surface area contributed by atoms with Gasteiger partial charge in [0.1, 0.15) is 12.2 Å². The molecule has 20 heavy (non-hydrogen) atoms. The number of amides is 1. The molecule has 1 aromatic heterocycles. The standard InChI is InChI=1S/C13H20N4O3/c1-17-8-15-16-11(17)5-6-14-12(18)9-3-2-4-10(7-9)13(19)20/h8-10H,2-7H2,1H3,(H,14,18)(H,19,20). The van der Waals surface area contributed by atoms with E-state index < -0.39 is 5.97 Å². The highest BCUT2D eigenvalue weighted by atomic mass is 16.4. The van der Waals surface area contributed by atoms with Crippen molar-refractivity contribution in [1.29, 1.82) is 0 Å². The Kier molecular flexibility index (Phi) is 4.70. The molecule has 7 nitrogen and oxygen atoms in total. The van der Waals surface area contributed by atoms with Gasteiger partial charge in [-0.25, -0.2) is 0 Å². The lowest BCUT2D eigenvalue weighted by molar-refractivity contribution is -0.144. The second kappa shape index (κ2) is 6.49. The van der Waals surface area contributed by atoms with Gasteiger partial charge < -0.3 is 15.0 Å². The zero-order valence-corrected chi connectivity index (χ0v) is 11.6. The summed E-state index contributed by atoms with van der Waals surface area (Å²) < 4.78 is 1.81. The number of nitrogens with one attached hydrogen (secondary N) is 1. The van der Waals surface area contributed by atoms with E-state index in [2.05, 4.69) is 15.5 Å². The highest BCUT2D eigenvalue weighted by molar-refractivity contribution is 5.80. The number of carboxylic acids is 1. The Labute approximate surface area is 117 Å². The molecular weight excluding hydrogens is 260 g/mol. The number of hydrogen-bond donors (Lipinski definition) is 2. The molecule has 2 atom stereocenters. The van der Waals surface area contributed by atoms with Gasteiger partial charge in [0.25, 0.3) is 0 Å². The van der Waals surface area contributed by atoms with E-state index in [1.54, 1.807) is 6.33 Å². The number of aryl methyl sites for hydroxylation is 1. The Balaban J connectivity index is 1.77. The summed E-state index contributed by atoms with van der Waals surface area (Å²) in [7, 11) is 1.86. The second-order valence-electron chi connectivity index (χ2n) is 5.30. The predicted octanol–water partition coefficient (Wildman–Crippen LogP) is 0.365. The van der Waals surface area contributed by atoms with Crippen molar-refractivity contribution in [1.82, 2.24) is 20.1 Å². The van der Waals surface area contributed by atoms with E-state index in [0.717, 1.165) is 18.7 Å². The first-order chi connectivity index (χ1) is 9.58. The van der Waals surface area contributed by atoms with E-state index in [0.29, 0.717) is 25.8 Å². The molecule has 1 aliphatic rings. The minimum Gasteiger partial charge on any atom is -0.481 e. The molecule has 1 aromatic rings. The van der Waals surface area contributed by atoms with Gasteiger partial charge in [0.15, 0.2) is 0 Å². The molecule has 0 radical (unpaired) electrons. The van der Waals surface area contributed by atoms with Gasteiger partial charge in [-0.2, -0.15) is 0 Å². The highest BCUT2D eigenvalue weighted by Gasteiger charge is 2.30. The van der Waals surface area contributed by atoms with E-state index >= 15 is 0 Å². The van der Waals surface area contributed by atoms with Crippen molar-refractivity contribution in [3.8, 4) is 0 Å². The number of hydrogen-bond acceptors (Lipinski definition) is 4. The van der Waals surface area contributed by atoms with Crippen LogP contribution in [0, 0.1) is 11.8 Å². The van der Waals surface area contributed by atoms with Crippen LogP contribution in [0.5, 0.6) is 0 Å². The largest absolute Gasteiger partial charge is 0.481 e. The van der Waals surface area contributed by atoms with Crippen LogP contribution >= 0.6 is 0 Å². The zero-order chi connectivity index (χ0) is 14.5. The van der Waals surface area contributed by atoms with Crippen LogP contribution in [0.15, 0.2) is 6.33 Å². The molecule has 2 unspecified atom stereocenters. The maximum atomic E-state index is 12.0. The molecule has 2 N–H and O–H groups in total. The molecule has 1 heterocycles. The molecule has 7 heteroatoms. The van der Waals surface area contributed by atoms with Gasteiger partial charge in [-0.05, 0) is 19.3 Å². The number of rotatable bonds is 5. The maximum Gasteiger partial charge on any atom is 0.306 e. The van der Waals surface area contributed by atoms with Crippen LogP contribution in [0.2, 0.25) is 0 Å². The lowest BCUT2D eigenvalue weighted by atomic mass is 9.81. The third-order valence-electron chi connectivity index (χ3n) is 3.85. The summed E-state index contributed by atoms with van der Waals surface area (Å²) in [5.74, 6) is -0.570. The summed E-state index contributed by atoms with van der Waals surface area (Å²) >= 11 is 0. The third-order valence-corrected chi connectivity index (χ3v) is 3.85. The molecule has 0 bridgehead atoms. The smallest absolute Gasteiger partial charge is 0.306 e. The molecule has 0 spiro atoms. The van der Waals surface area contributed by atoms with E-state index in [9.17, 15) is 9.59 Å². The first-order valence-electron chi connectivity index (χ1n) is 6.91. The molecule has 1 fully saturated rings. The number of carbonyl (C=O) groups excluding carboxylic acids is 1. The van der Waals surface area contributed by atoms with Crippen LogP contribution in [0.25, 0.3) is 0 Å². The Morgan fingerprint density at radius 1 is 1.45 bits per heavy atom. The van der Waals surface area contributed by atoms with E-state index in [1.807, 2.05) is 11.6 Å². The van der Waals surface area contributed by atoms with Gasteiger partial charge in [0, 0.05) is 25.9 Å². The molecule has 1 aliphatic carbocycles. The maximum absolute atomic E-state index is 12.0. The van der Waals surface area contributed by atoms with Crippen LogP contribution in [0.4, 0.5) is 0 Å². The minimum atomic E-state index is -0.790. The van der Waals surface area contributed by atoms with Crippen molar-refractivity contribution in [2.45, 2.75) is 32.1 Å². The van der Waals surface area contributed by atoms with Gasteiger partial charge in [-0.1, -0.05) is 6.42 Å². The Bertz CT molecular complexity index is 486. The number of nitrogens with zero attached hydrogens (tertiary/aromatic N) is 3. The zero-order valence-electron chi connectivity index (χ0n) is 11.6. The molecule has 0 saturated heterocycles. The van der Waals surface area contributed by atoms with Crippen molar-refractivity contribution in [2.24, 2.45) is 18.9 Å². The summed E-state index contributed by atoms with van der Waals surface area (Å²) in [4.78, 5) is 23.0. The van der Waals surface area contributed by atoms with E-state index in [-0.39, 0.29) is 17.7 Å². The second-order valence-corrected chi connectivity index (χ2v) is 5.30. The van der Waals surface area contributed by atoms with E-state index in [4.69, 9.17) is 5.11 Å². The van der Waals surface area contributed by atoms with Gasteiger partial charge in [-0.15, -0.1) is 10.2 Å². The number of aromatic nitrogens is 3. The third kappa shape index (κ3) is 3.55. The molecule has 1 amide bonds. The van der Waals surface area contributed by atoms with Crippen molar-refractivity contribution in [3.63, 3.8) is 0 Å². The van der Waals surface area contributed by atoms with Gasteiger partial charge >= 0.3 is 5.97 Å². The molecule has 2 rings (SSSR count). The van der Waals surface area contributed by atoms with Gasteiger partial charge in [0.05, 0.1) is 5.92 Å². The number of carbonyl (C=O) groups is 2. The molecule has 1 saturated carbocycles. The number of carboxylic acid groups (broad SMARTS) is 1. The van der Waals surface area contributed by atoms with Gasteiger partial charge in [0.2, 0.25) is 5.91 Å². The van der Waals surface area contributed by atoms with Gasteiger partial charge in [-0.3, -0.25) is 9.59 Å². The van der Waals surface area contributed by atoms with Crippen molar-refractivity contribution in [3.05, 3.63) is 12.2 Å². The van der Waals surface area contributed by atoms with Crippen molar-refractivity contribution in [2.75, 3.05) is 6.54 Å². The number of aliphatic carboxylic acids is 1. The molecule has 110 valence electrons. The fourth-order valence-electron chi connectivity index (χ4n) is 2.63. The average molecular weight is 280 g/mol. The van der Waals surface area contributed by atoms with Crippen LogP contribution < -0.4 is 5.32 Å². The lowest BCUT2D eigenvalue weighted by Crippen LogP contribution is -2.36. The topological polar surface area (TPSA) is 97.1 Å². The highest BCUT2D eigenvalue weighted by Crippen LogP contribution is 2.29. The molecule has 0 aromatic carbocycles. The first kappa shape index (κ1) is 14.5. The quantitative estimate of drug-likeness (QED) is 0.812. The van der Waals surface area contributed by atoms with Crippen LogP contribution in [-0.2, 0) is 23.1 Å². The SMILES string of the molecule is Cn1cnnc1CCNC(=O)C1CCCC(C(=O)O)C1. The Hall–Kier alpha value is -1.92. The Morgan fingerprint density at radius 2 is 2.20 bits per heavy atom. The van der Waals surface area contributed by atoms with Crippen molar-refractivity contribution < 1.29 is 14.7 Å². The van der Waals surface area contributed by atoms with Crippen molar-refractivity contribution >= 4 is 11.9 Å². The minimum absolute atomic E-state index is 0.0434. The lowest BCUT2D eigenvalue weighted by Gasteiger charge is -2.25. The summed E-state index contributed by atoms with van der Waals surface area (Å²) in [6, 6.07) is 0. The summed E-state index contributed by atoms with van der Waals surface area (Å²) in [6.45, 7) is 0.500. The van der Waals surface area contributed by atoms with E-state index in [1.165, 1.54) is 0 Å². The Morgan fingerprint density at radius 3 is 2.85 bits per heavy atom. The fraction of sp³-hybridized carbons (Fsp3) is 0.692. The fourth-order valence-corrected chi connectivity index (χ4v) is 2.63. The summed E-state index contributed by atoms with van der Waals surface area (Å²) in [6.07, 6.45) is 4.95. The molecule has 0 aliphatic heterocycles.